The number of para-hydroxylation sites is 1. The molecule has 38 heavy (non-hydrogen) atoms. The van der Waals surface area contributed by atoms with Crippen molar-refractivity contribution >= 4 is 45.9 Å². The molecule has 2 heterocycles. The number of halogens is 1. The highest BCUT2D eigenvalue weighted by Gasteiger charge is 2.21. The van der Waals surface area contributed by atoms with E-state index >= 15 is 0 Å². The normalized spacial score (nSPS) is 11.8. The zero-order chi connectivity index (χ0) is 26.8. The van der Waals surface area contributed by atoms with E-state index in [1.165, 1.54) is 6.92 Å². The maximum atomic E-state index is 13.7. The standard InChI is InChI=1S/C28H24ClN7O2/c1-16(32-25-21(15-31-28(30)35-25)18-8-6-9-19(14-18)33-17(2)37)26-34-23-13-7-12-22(29)24(23)27(38)36(26)20-10-4-3-5-11-20/h3-16H,1-2H3,(H,33,37)(H3,30,31,32,35). The summed E-state index contributed by atoms with van der Waals surface area (Å²) in [5.41, 5.74) is 8.88. The lowest BCUT2D eigenvalue weighted by Crippen LogP contribution is -2.27. The Morgan fingerprint density at radius 3 is 2.55 bits per heavy atom. The maximum Gasteiger partial charge on any atom is 0.267 e. The predicted octanol–water partition coefficient (Wildman–Crippen LogP) is 5.21. The minimum absolute atomic E-state index is 0.0835. The average Bonchev–Trinajstić information content (AvgIpc) is 2.89. The molecule has 190 valence electrons. The molecule has 1 atom stereocenters. The summed E-state index contributed by atoms with van der Waals surface area (Å²) in [6.45, 7) is 3.33. The molecule has 3 aromatic carbocycles. The molecule has 1 amide bonds. The Morgan fingerprint density at radius 2 is 1.79 bits per heavy atom. The first-order valence-corrected chi connectivity index (χ1v) is 12.2. The van der Waals surface area contributed by atoms with Gasteiger partial charge in [-0.15, -0.1) is 0 Å². The second kappa shape index (κ2) is 10.3. The smallest absolute Gasteiger partial charge is 0.267 e. The van der Waals surface area contributed by atoms with Crippen LogP contribution in [0.3, 0.4) is 0 Å². The van der Waals surface area contributed by atoms with Crippen molar-refractivity contribution in [1.29, 1.82) is 0 Å². The summed E-state index contributed by atoms with van der Waals surface area (Å²) in [5, 5.41) is 6.83. The van der Waals surface area contributed by atoms with Crippen molar-refractivity contribution in [3.05, 3.63) is 100 Å². The van der Waals surface area contributed by atoms with E-state index < -0.39 is 6.04 Å². The molecule has 2 aromatic heterocycles. The zero-order valence-electron chi connectivity index (χ0n) is 20.6. The van der Waals surface area contributed by atoms with E-state index in [1.807, 2.05) is 55.5 Å². The highest BCUT2D eigenvalue weighted by Crippen LogP contribution is 2.31. The van der Waals surface area contributed by atoms with Gasteiger partial charge in [-0.2, -0.15) is 4.98 Å². The number of hydrogen-bond donors (Lipinski definition) is 3. The lowest BCUT2D eigenvalue weighted by atomic mass is 10.1. The number of hydrogen-bond acceptors (Lipinski definition) is 7. The maximum absolute atomic E-state index is 13.7. The third kappa shape index (κ3) is 4.91. The topological polar surface area (TPSA) is 128 Å². The predicted molar refractivity (Wildman–Crippen MR) is 151 cm³/mol. The van der Waals surface area contributed by atoms with Crippen molar-refractivity contribution in [1.82, 2.24) is 19.5 Å². The Hall–Kier alpha value is -4.76. The van der Waals surface area contributed by atoms with Gasteiger partial charge in [0.15, 0.2) is 0 Å². The molecule has 0 saturated carbocycles. The molecular weight excluding hydrogens is 502 g/mol. The number of carbonyl (C=O) groups is 1. The van der Waals surface area contributed by atoms with E-state index in [0.29, 0.717) is 44.5 Å². The first-order chi connectivity index (χ1) is 18.3. The Kier molecular flexibility index (Phi) is 6.76. The Morgan fingerprint density at radius 1 is 1.03 bits per heavy atom. The van der Waals surface area contributed by atoms with Crippen LogP contribution < -0.4 is 21.9 Å². The fraction of sp³-hybridized carbons (Fsp3) is 0.107. The number of nitrogens with zero attached hydrogens (tertiary/aromatic N) is 4. The van der Waals surface area contributed by atoms with Crippen molar-refractivity contribution in [2.75, 3.05) is 16.4 Å². The van der Waals surface area contributed by atoms with Crippen LogP contribution in [0.1, 0.15) is 25.7 Å². The first-order valence-electron chi connectivity index (χ1n) is 11.9. The van der Waals surface area contributed by atoms with Crippen molar-refractivity contribution in [3.8, 4) is 16.8 Å². The fourth-order valence-electron chi connectivity index (χ4n) is 4.28. The number of carbonyl (C=O) groups excluding carboxylic acids is 1. The van der Waals surface area contributed by atoms with Crippen LogP contribution in [0.25, 0.3) is 27.7 Å². The van der Waals surface area contributed by atoms with Gasteiger partial charge in [-0.1, -0.05) is 48.0 Å². The summed E-state index contributed by atoms with van der Waals surface area (Å²) in [7, 11) is 0. The molecule has 10 heteroatoms. The van der Waals surface area contributed by atoms with Crippen LogP contribution in [0.4, 0.5) is 17.5 Å². The lowest BCUT2D eigenvalue weighted by Gasteiger charge is -2.21. The zero-order valence-corrected chi connectivity index (χ0v) is 21.4. The molecule has 5 aromatic rings. The second-order valence-corrected chi connectivity index (χ2v) is 9.11. The fourth-order valence-corrected chi connectivity index (χ4v) is 4.53. The Labute approximate surface area is 223 Å². The van der Waals surface area contributed by atoms with Crippen LogP contribution in [0.15, 0.2) is 83.8 Å². The van der Waals surface area contributed by atoms with Gasteiger partial charge >= 0.3 is 0 Å². The van der Waals surface area contributed by atoms with Gasteiger partial charge in [0.25, 0.3) is 5.56 Å². The van der Waals surface area contributed by atoms with E-state index in [1.54, 1.807) is 35.0 Å². The monoisotopic (exact) mass is 525 g/mol. The Balaban J connectivity index is 1.63. The molecule has 5 rings (SSSR count). The highest BCUT2D eigenvalue weighted by atomic mass is 35.5. The highest BCUT2D eigenvalue weighted by molar-refractivity contribution is 6.35. The largest absolute Gasteiger partial charge is 0.368 e. The number of amides is 1. The molecule has 1 unspecified atom stereocenters. The van der Waals surface area contributed by atoms with Gasteiger partial charge in [0.2, 0.25) is 11.9 Å². The molecule has 0 radical (unpaired) electrons. The summed E-state index contributed by atoms with van der Waals surface area (Å²) >= 11 is 6.41. The SMILES string of the molecule is CC(=O)Nc1cccc(-c2cnc(N)nc2NC(C)c2nc3cccc(Cl)c3c(=O)n2-c2ccccc2)c1. The quantitative estimate of drug-likeness (QED) is 0.277. The van der Waals surface area contributed by atoms with Gasteiger partial charge in [0.1, 0.15) is 11.6 Å². The van der Waals surface area contributed by atoms with E-state index in [-0.39, 0.29) is 17.4 Å². The summed E-state index contributed by atoms with van der Waals surface area (Å²) < 4.78 is 1.55. The molecule has 4 N–H and O–H groups in total. The molecule has 0 aliphatic rings. The van der Waals surface area contributed by atoms with Crippen LogP contribution in [-0.4, -0.2) is 25.4 Å². The average molecular weight is 526 g/mol. The van der Waals surface area contributed by atoms with Gasteiger partial charge in [-0.25, -0.2) is 9.97 Å². The Bertz CT molecular complexity index is 1720. The molecule has 0 saturated heterocycles. The van der Waals surface area contributed by atoms with Gasteiger partial charge in [0.05, 0.1) is 27.7 Å². The van der Waals surface area contributed by atoms with E-state index in [2.05, 4.69) is 20.6 Å². The third-order valence-electron chi connectivity index (χ3n) is 5.93. The lowest BCUT2D eigenvalue weighted by molar-refractivity contribution is -0.114. The molecule has 0 fully saturated rings. The minimum atomic E-state index is -0.488. The van der Waals surface area contributed by atoms with E-state index in [0.717, 1.165) is 5.56 Å². The van der Waals surface area contributed by atoms with Crippen molar-refractivity contribution < 1.29 is 4.79 Å². The van der Waals surface area contributed by atoms with Crippen LogP contribution in [0, 0.1) is 0 Å². The molecule has 0 aliphatic carbocycles. The molecule has 0 aliphatic heterocycles. The minimum Gasteiger partial charge on any atom is -0.368 e. The van der Waals surface area contributed by atoms with Gasteiger partial charge < -0.3 is 16.4 Å². The number of rotatable bonds is 6. The van der Waals surface area contributed by atoms with Crippen LogP contribution in [0.2, 0.25) is 5.02 Å². The molecular formula is C28H24ClN7O2. The summed E-state index contributed by atoms with van der Waals surface area (Å²) in [6.07, 6.45) is 1.61. The van der Waals surface area contributed by atoms with Crippen LogP contribution in [0.5, 0.6) is 0 Å². The van der Waals surface area contributed by atoms with Gasteiger partial charge in [0, 0.05) is 24.4 Å². The first kappa shape index (κ1) is 24.9. The van der Waals surface area contributed by atoms with Crippen molar-refractivity contribution in [2.24, 2.45) is 0 Å². The molecule has 9 nitrogen and oxygen atoms in total. The molecule has 0 bridgehead atoms. The number of anilines is 3. The number of nitrogens with one attached hydrogen (secondary N) is 2. The number of aromatic nitrogens is 4. The number of fused-ring (bicyclic) bond motifs is 1. The third-order valence-corrected chi connectivity index (χ3v) is 6.24. The molecule has 0 spiro atoms. The van der Waals surface area contributed by atoms with Crippen LogP contribution >= 0.6 is 11.6 Å². The number of nitrogens with two attached hydrogens (primary N) is 1. The second-order valence-electron chi connectivity index (χ2n) is 8.70. The van der Waals surface area contributed by atoms with Gasteiger partial charge in [-0.05, 0) is 48.9 Å². The van der Waals surface area contributed by atoms with E-state index in [4.69, 9.17) is 22.3 Å². The van der Waals surface area contributed by atoms with Gasteiger partial charge in [-0.3, -0.25) is 14.2 Å². The van der Waals surface area contributed by atoms with Crippen molar-refractivity contribution in [2.45, 2.75) is 19.9 Å². The summed E-state index contributed by atoms with van der Waals surface area (Å²) in [5.74, 6) is 0.820. The van der Waals surface area contributed by atoms with Crippen LogP contribution in [-0.2, 0) is 4.79 Å². The summed E-state index contributed by atoms with van der Waals surface area (Å²) in [6, 6.07) is 21.3. The number of benzene rings is 3. The van der Waals surface area contributed by atoms with Crippen molar-refractivity contribution in [3.63, 3.8) is 0 Å². The number of nitrogen functional groups attached to an aromatic ring is 1. The van der Waals surface area contributed by atoms with E-state index in [9.17, 15) is 9.59 Å². The summed E-state index contributed by atoms with van der Waals surface area (Å²) in [4.78, 5) is 38.7.